The second kappa shape index (κ2) is 5.69. The number of pyridine rings is 1. The lowest BCUT2D eigenvalue weighted by molar-refractivity contribution is 0.398. The molecule has 0 saturated heterocycles. The summed E-state index contributed by atoms with van der Waals surface area (Å²) in [5.74, 6) is 1.41. The van der Waals surface area contributed by atoms with E-state index in [4.69, 9.17) is 4.74 Å². The van der Waals surface area contributed by atoms with Crippen LogP contribution in [0, 0.1) is 0 Å². The van der Waals surface area contributed by atoms with Crippen molar-refractivity contribution >= 4 is 15.7 Å². The molecular formula is C10H16N2O3S. The predicted molar refractivity (Wildman–Crippen MR) is 63.6 cm³/mol. The number of methoxy groups -OCH3 is 1. The van der Waals surface area contributed by atoms with E-state index in [9.17, 15) is 8.42 Å². The summed E-state index contributed by atoms with van der Waals surface area (Å²) in [6.45, 7) is 0.577. The van der Waals surface area contributed by atoms with Crippen LogP contribution in [0.5, 0.6) is 5.88 Å². The summed E-state index contributed by atoms with van der Waals surface area (Å²) in [6, 6.07) is 5.38. The minimum Gasteiger partial charge on any atom is -0.481 e. The van der Waals surface area contributed by atoms with Gasteiger partial charge in [-0.2, -0.15) is 4.98 Å². The second-order valence-electron chi connectivity index (χ2n) is 3.48. The molecule has 90 valence electrons. The first-order chi connectivity index (χ1) is 7.51. The van der Waals surface area contributed by atoms with Crippen molar-refractivity contribution in [3.05, 3.63) is 18.2 Å². The Morgan fingerprint density at radius 3 is 2.81 bits per heavy atom. The van der Waals surface area contributed by atoms with Crippen LogP contribution < -0.4 is 10.1 Å². The molecule has 0 saturated carbocycles. The summed E-state index contributed by atoms with van der Waals surface area (Å²) < 4.78 is 26.7. The molecular weight excluding hydrogens is 228 g/mol. The molecule has 6 heteroatoms. The van der Waals surface area contributed by atoms with Crippen LogP contribution >= 0.6 is 0 Å². The zero-order valence-electron chi connectivity index (χ0n) is 9.43. The van der Waals surface area contributed by atoms with E-state index in [1.54, 1.807) is 13.2 Å². The van der Waals surface area contributed by atoms with Gasteiger partial charge in [-0.3, -0.25) is 0 Å². The topological polar surface area (TPSA) is 68.3 Å². The molecule has 0 fully saturated rings. The fourth-order valence-electron chi connectivity index (χ4n) is 1.18. The van der Waals surface area contributed by atoms with E-state index in [1.165, 1.54) is 6.26 Å². The molecule has 0 radical (unpaired) electrons. The molecule has 0 amide bonds. The Morgan fingerprint density at radius 2 is 2.19 bits per heavy atom. The highest BCUT2D eigenvalue weighted by molar-refractivity contribution is 7.90. The van der Waals surface area contributed by atoms with Gasteiger partial charge in [0.25, 0.3) is 0 Å². The van der Waals surface area contributed by atoms with Gasteiger partial charge in [0.1, 0.15) is 15.7 Å². The molecule has 1 heterocycles. The normalized spacial score (nSPS) is 11.1. The van der Waals surface area contributed by atoms with Crippen LogP contribution in [-0.4, -0.2) is 39.1 Å². The highest BCUT2D eigenvalue weighted by Crippen LogP contribution is 2.10. The first-order valence-electron chi connectivity index (χ1n) is 4.94. The Balaban J connectivity index is 2.37. The fourth-order valence-corrected chi connectivity index (χ4v) is 1.85. The number of anilines is 1. The van der Waals surface area contributed by atoms with Crippen LogP contribution in [0.4, 0.5) is 5.82 Å². The first-order valence-corrected chi connectivity index (χ1v) is 7.00. The van der Waals surface area contributed by atoms with Crippen LogP contribution in [0.25, 0.3) is 0 Å². The van der Waals surface area contributed by atoms with Crippen LogP contribution in [0.2, 0.25) is 0 Å². The summed E-state index contributed by atoms with van der Waals surface area (Å²) in [4.78, 5) is 4.14. The Bertz CT molecular complexity index is 431. The van der Waals surface area contributed by atoms with Crippen molar-refractivity contribution in [2.75, 3.05) is 31.0 Å². The molecule has 0 aliphatic carbocycles. The smallest absolute Gasteiger partial charge is 0.214 e. The maximum atomic E-state index is 10.9. The number of nitrogens with zero attached hydrogens (tertiary/aromatic N) is 1. The van der Waals surface area contributed by atoms with E-state index in [-0.39, 0.29) is 5.75 Å². The van der Waals surface area contributed by atoms with Crippen molar-refractivity contribution in [1.82, 2.24) is 4.98 Å². The maximum Gasteiger partial charge on any atom is 0.214 e. The molecule has 5 nitrogen and oxygen atoms in total. The van der Waals surface area contributed by atoms with Crippen LogP contribution in [-0.2, 0) is 9.84 Å². The quantitative estimate of drug-likeness (QED) is 0.754. The predicted octanol–water partition coefficient (Wildman–Crippen LogP) is 0.937. The van der Waals surface area contributed by atoms with Gasteiger partial charge >= 0.3 is 0 Å². The fraction of sp³-hybridized carbons (Fsp3) is 0.500. The molecule has 1 aromatic heterocycles. The third-order valence-corrected chi connectivity index (χ3v) is 2.96. The Kier molecular flexibility index (Phi) is 4.54. The number of nitrogens with one attached hydrogen (secondary N) is 1. The molecule has 16 heavy (non-hydrogen) atoms. The van der Waals surface area contributed by atoms with E-state index in [1.807, 2.05) is 12.1 Å². The molecule has 0 unspecified atom stereocenters. The highest BCUT2D eigenvalue weighted by Gasteiger charge is 2.01. The van der Waals surface area contributed by atoms with Gasteiger partial charge in [0, 0.05) is 18.9 Å². The first kappa shape index (κ1) is 12.8. The molecule has 0 bridgehead atoms. The van der Waals surface area contributed by atoms with Crippen LogP contribution in [0.1, 0.15) is 6.42 Å². The average molecular weight is 244 g/mol. The summed E-state index contributed by atoms with van der Waals surface area (Å²) >= 11 is 0. The maximum absolute atomic E-state index is 10.9. The molecule has 0 aliphatic heterocycles. The van der Waals surface area contributed by atoms with E-state index >= 15 is 0 Å². The van der Waals surface area contributed by atoms with Gasteiger partial charge in [-0.1, -0.05) is 6.07 Å². The van der Waals surface area contributed by atoms with Crippen molar-refractivity contribution in [2.45, 2.75) is 6.42 Å². The second-order valence-corrected chi connectivity index (χ2v) is 5.74. The number of rotatable bonds is 6. The molecule has 0 aromatic carbocycles. The summed E-state index contributed by atoms with van der Waals surface area (Å²) in [6.07, 6.45) is 1.80. The zero-order valence-corrected chi connectivity index (χ0v) is 10.3. The van der Waals surface area contributed by atoms with Crippen molar-refractivity contribution in [1.29, 1.82) is 0 Å². The number of aromatic nitrogens is 1. The van der Waals surface area contributed by atoms with E-state index in [0.717, 1.165) is 0 Å². The number of sulfone groups is 1. The van der Waals surface area contributed by atoms with Gasteiger partial charge in [0.2, 0.25) is 5.88 Å². The Morgan fingerprint density at radius 1 is 1.44 bits per heavy atom. The van der Waals surface area contributed by atoms with Gasteiger partial charge in [0.15, 0.2) is 0 Å². The van der Waals surface area contributed by atoms with Gasteiger partial charge in [-0.25, -0.2) is 8.42 Å². The molecule has 0 atom stereocenters. The monoisotopic (exact) mass is 244 g/mol. The van der Waals surface area contributed by atoms with Crippen molar-refractivity contribution < 1.29 is 13.2 Å². The Labute approximate surface area is 95.8 Å². The molecule has 1 N–H and O–H groups in total. The average Bonchev–Trinajstić information content (AvgIpc) is 2.23. The minimum absolute atomic E-state index is 0.184. The lowest BCUT2D eigenvalue weighted by atomic mass is 10.4. The van der Waals surface area contributed by atoms with Crippen molar-refractivity contribution in [3.63, 3.8) is 0 Å². The van der Waals surface area contributed by atoms with E-state index < -0.39 is 9.84 Å². The lowest BCUT2D eigenvalue weighted by Gasteiger charge is -2.06. The van der Waals surface area contributed by atoms with E-state index in [2.05, 4.69) is 10.3 Å². The zero-order chi connectivity index (χ0) is 12.0. The summed E-state index contributed by atoms with van der Waals surface area (Å²) in [5.41, 5.74) is 0. The lowest BCUT2D eigenvalue weighted by Crippen LogP contribution is -2.10. The van der Waals surface area contributed by atoms with Crippen LogP contribution in [0.15, 0.2) is 18.2 Å². The van der Waals surface area contributed by atoms with Gasteiger partial charge in [-0.05, 0) is 12.5 Å². The van der Waals surface area contributed by atoms with Crippen LogP contribution in [0.3, 0.4) is 0 Å². The third kappa shape index (κ3) is 4.97. The van der Waals surface area contributed by atoms with Gasteiger partial charge < -0.3 is 10.1 Å². The SMILES string of the molecule is COc1cccc(NCCCS(C)(=O)=O)n1. The molecule has 1 aromatic rings. The van der Waals surface area contributed by atoms with E-state index in [0.29, 0.717) is 24.7 Å². The number of ether oxygens (including phenoxy) is 1. The third-order valence-electron chi connectivity index (χ3n) is 1.93. The largest absolute Gasteiger partial charge is 0.481 e. The highest BCUT2D eigenvalue weighted by atomic mass is 32.2. The molecule has 0 aliphatic rings. The number of hydrogen-bond donors (Lipinski definition) is 1. The summed E-state index contributed by atoms with van der Waals surface area (Å²) in [5, 5.41) is 3.04. The Hall–Kier alpha value is -1.30. The van der Waals surface area contributed by atoms with Gasteiger partial charge in [0.05, 0.1) is 12.9 Å². The number of hydrogen-bond acceptors (Lipinski definition) is 5. The standard InChI is InChI=1S/C10H16N2O3S/c1-15-10-6-3-5-9(12-10)11-7-4-8-16(2,13)14/h3,5-6H,4,7-8H2,1-2H3,(H,11,12). The summed E-state index contributed by atoms with van der Waals surface area (Å²) in [7, 11) is -1.33. The molecule has 0 spiro atoms. The minimum atomic E-state index is -2.88. The van der Waals surface area contributed by atoms with Gasteiger partial charge in [-0.15, -0.1) is 0 Å². The van der Waals surface area contributed by atoms with Crippen molar-refractivity contribution in [2.24, 2.45) is 0 Å². The van der Waals surface area contributed by atoms with Crippen molar-refractivity contribution in [3.8, 4) is 5.88 Å². The molecule has 1 rings (SSSR count).